The zero-order valence-corrected chi connectivity index (χ0v) is 15.7. The Labute approximate surface area is 154 Å². The van der Waals surface area contributed by atoms with Crippen molar-refractivity contribution in [3.8, 4) is 11.5 Å². The lowest BCUT2D eigenvalue weighted by Crippen LogP contribution is -2.18. The molecule has 0 aliphatic heterocycles. The molecule has 5 heteroatoms. The van der Waals surface area contributed by atoms with Crippen LogP contribution in [0.15, 0.2) is 48.5 Å². The normalized spacial score (nSPS) is 13.1. The molecule has 2 aromatic carbocycles. The minimum Gasteiger partial charge on any atom is -0.394 e. The van der Waals surface area contributed by atoms with Gasteiger partial charge in [0.15, 0.2) is 0 Å². The first-order valence-corrected chi connectivity index (χ1v) is 8.64. The van der Waals surface area contributed by atoms with E-state index in [-0.39, 0.29) is 12.2 Å². The van der Waals surface area contributed by atoms with E-state index in [2.05, 4.69) is 0 Å². The van der Waals surface area contributed by atoms with Crippen molar-refractivity contribution in [3.63, 3.8) is 0 Å². The van der Waals surface area contributed by atoms with Crippen molar-refractivity contribution < 1.29 is 23.7 Å². The first-order valence-electron chi connectivity index (χ1n) is 8.64. The molecule has 0 heterocycles. The Hall–Kier alpha value is -2.37. The molecule has 140 valence electrons. The number of hydrogen-bond acceptors (Lipinski definition) is 5. The average molecular weight is 358 g/mol. The second kappa shape index (κ2) is 9.94. The molecule has 0 saturated carbocycles. The van der Waals surface area contributed by atoms with Crippen LogP contribution < -0.4 is 9.47 Å². The largest absolute Gasteiger partial charge is 0.519 e. The van der Waals surface area contributed by atoms with E-state index in [4.69, 9.17) is 18.9 Å². The first-order chi connectivity index (χ1) is 12.5. The van der Waals surface area contributed by atoms with E-state index in [1.807, 2.05) is 50.2 Å². The summed E-state index contributed by atoms with van der Waals surface area (Å²) in [5, 5.41) is 0. The van der Waals surface area contributed by atoms with E-state index in [0.29, 0.717) is 24.3 Å². The summed E-state index contributed by atoms with van der Waals surface area (Å²) >= 11 is 0. The Morgan fingerprint density at radius 3 is 1.54 bits per heavy atom. The maximum atomic E-state index is 12.3. The molecule has 2 aromatic rings. The predicted molar refractivity (Wildman–Crippen MR) is 99.9 cm³/mol. The number of benzene rings is 2. The number of ether oxygens (including phenoxy) is 4. The third kappa shape index (κ3) is 5.86. The molecule has 5 nitrogen and oxygen atoms in total. The molecule has 2 atom stereocenters. The molecule has 0 fully saturated rings. The summed E-state index contributed by atoms with van der Waals surface area (Å²) in [5.41, 5.74) is 1.78. The molecule has 0 N–H and O–H groups in total. The van der Waals surface area contributed by atoms with Gasteiger partial charge in [0.25, 0.3) is 0 Å². The molecule has 0 radical (unpaired) electrons. The number of para-hydroxylation sites is 2. The van der Waals surface area contributed by atoms with Gasteiger partial charge in [0.2, 0.25) is 0 Å². The Kier molecular flexibility index (Phi) is 7.63. The van der Waals surface area contributed by atoms with Gasteiger partial charge in [-0.2, -0.15) is 0 Å². The predicted octanol–water partition coefficient (Wildman–Crippen LogP) is 4.42. The van der Waals surface area contributed by atoms with E-state index in [1.54, 1.807) is 26.4 Å². The van der Waals surface area contributed by atoms with Crippen LogP contribution in [0.25, 0.3) is 0 Å². The van der Waals surface area contributed by atoms with Gasteiger partial charge in [0.1, 0.15) is 11.5 Å². The fourth-order valence-electron chi connectivity index (χ4n) is 2.53. The fraction of sp³-hybridized carbons (Fsp3) is 0.381. The van der Waals surface area contributed by atoms with Crippen LogP contribution in [0.5, 0.6) is 11.5 Å². The molecule has 2 rings (SSSR count). The number of rotatable bonds is 8. The maximum Gasteiger partial charge on any atom is 0.519 e. The van der Waals surface area contributed by atoms with Crippen LogP contribution in [-0.4, -0.2) is 32.6 Å². The third-order valence-corrected chi connectivity index (χ3v) is 4.15. The van der Waals surface area contributed by atoms with Gasteiger partial charge < -0.3 is 18.9 Å². The summed E-state index contributed by atoms with van der Waals surface area (Å²) in [6.45, 7) is 3.92. The quantitative estimate of drug-likeness (QED) is 0.516. The molecule has 26 heavy (non-hydrogen) atoms. The minimum atomic E-state index is -0.764. The van der Waals surface area contributed by atoms with Crippen LogP contribution >= 0.6 is 0 Å². The fourth-order valence-corrected chi connectivity index (χ4v) is 2.53. The Morgan fingerprint density at radius 2 is 1.15 bits per heavy atom. The van der Waals surface area contributed by atoms with E-state index in [0.717, 1.165) is 11.1 Å². The number of carbonyl (C=O) groups is 1. The molecule has 0 aliphatic rings. The zero-order chi connectivity index (χ0) is 18.9. The molecule has 0 bridgehead atoms. The average Bonchev–Trinajstić information content (AvgIpc) is 2.64. The van der Waals surface area contributed by atoms with Gasteiger partial charge >= 0.3 is 6.16 Å². The maximum absolute atomic E-state index is 12.3. The number of methoxy groups -OCH3 is 2. The summed E-state index contributed by atoms with van der Waals surface area (Å²) in [6.07, 6.45) is 0.558. The van der Waals surface area contributed by atoms with Gasteiger partial charge in [-0.1, -0.05) is 36.4 Å². The molecule has 0 aliphatic carbocycles. The summed E-state index contributed by atoms with van der Waals surface area (Å²) in [5.74, 6) is 0.952. The van der Waals surface area contributed by atoms with Crippen LogP contribution in [-0.2, 0) is 22.3 Å². The highest BCUT2D eigenvalue weighted by Gasteiger charge is 2.15. The standard InChI is InChI=1S/C21H26O5/c1-15(23-3)13-17-9-5-7-11-19(17)25-21(22)26-20-12-8-6-10-18(20)14-16(2)24-4/h5-12,15-16H,13-14H2,1-4H3. The van der Waals surface area contributed by atoms with Crippen molar-refractivity contribution in [2.75, 3.05) is 14.2 Å². The smallest absolute Gasteiger partial charge is 0.394 e. The first kappa shape index (κ1) is 19.9. The minimum absolute atomic E-state index is 0.0204. The number of hydrogen-bond donors (Lipinski definition) is 0. The third-order valence-electron chi connectivity index (χ3n) is 4.15. The summed E-state index contributed by atoms with van der Waals surface area (Å²) in [4.78, 5) is 12.3. The summed E-state index contributed by atoms with van der Waals surface area (Å²) in [6, 6.07) is 14.7. The van der Waals surface area contributed by atoms with Gasteiger partial charge in [-0.05, 0) is 37.1 Å². The van der Waals surface area contributed by atoms with Crippen LogP contribution in [0.1, 0.15) is 25.0 Å². The van der Waals surface area contributed by atoms with E-state index < -0.39 is 6.16 Å². The van der Waals surface area contributed by atoms with Gasteiger partial charge in [0.05, 0.1) is 12.2 Å². The summed E-state index contributed by atoms with van der Waals surface area (Å²) in [7, 11) is 3.31. The van der Waals surface area contributed by atoms with Crippen LogP contribution in [0.3, 0.4) is 0 Å². The van der Waals surface area contributed by atoms with Crippen LogP contribution in [0.4, 0.5) is 4.79 Å². The molecular weight excluding hydrogens is 332 g/mol. The second-order valence-electron chi connectivity index (χ2n) is 6.17. The van der Waals surface area contributed by atoms with Crippen molar-refractivity contribution in [1.82, 2.24) is 0 Å². The van der Waals surface area contributed by atoms with Crippen LogP contribution in [0.2, 0.25) is 0 Å². The van der Waals surface area contributed by atoms with E-state index in [9.17, 15) is 4.79 Å². The highest BCUT2D eigenvalue weighted by atomic mass is 16.7. The van der Waals surface area contributed by atoms with Crippen molar-refractivity contribution in [2.24, 2.45) is 0 Å². The Bertz CT molecular complexity index is 654. The van der Waals surface area contributed by atoms with E-state index in [1.165, 1.54) is 0 Å². The lowest BCUT2D eigenvalue weighted by molar-refractivity contribution is 0.116. The Balaban J connectivity index is 2.08. The highest BCUT2D eigenvalue weighted by molar-refractivity contribution is 5.68. The van der Waals surface area contributed by atoms with Crippen molar-refractivity contribution in [3.05, 3.63) is 59.7 Å². The Morgan fingerprint density at radius 1 is 0.769 bits per heavy atom. The molecule has 0 saturated heterocycles. The molecular formula is C21H26O5. The summed E-state index contributed by atoms with van der Waals surface area (Å²) < 4.78 is 21.4. The van der Waals surface area contributed by atoms with Gasteiger partial charge in [-0.15, -0.1) is 0 Å². The second-order valence-corrected chi connectivity index (χ2v) is 6.17. The van der Waals surface area contributed by atoms with Gasteiger partial charge in [0, 0.05) is 27.1 Å². The topological polar surface area (TPSA) is 54.0 Å². The lowest BCUT2D eigenvalue weighted by atomic mass is 10.1. The number of carbonyl (C=O) groups excluding carboxylic acids is 1. The van der Waals surface area contributed by atoms with E-state index >= 15 is 0 Å². The lowest BCUT2D eigenvalue weighted by Gasteiger charge is -2.15. The SMILES string of the molecule is COC(C)Cc1ccccc1OC(=O)Oc1ccccc1CC(C)OC. The molecule has 0 amide bonds. The molecule has 2 unspecified atom stereocenters. The van der Waals surface area contributed by atoms with Crippen molar-refractivity contribution in [2.45, 2.75) is 38.9 Å². The van der Waals surface area contributed by atoms with Crippen LogP contribution in [0, 0.1) is 0 Å². The molecule has 0 aromatic heterocycles. The highest BCUT2D eigenvalue weighted by Crippen LogP contribution is 2.24. The zero-order valence-electron chi connectivity index (χ0n) is 15.7. The molecule has 0 spiro atoms. The van der Waals surface area contributed by atoms with Crippen molar-refractivity contribution in [1.29, 1.82) is 0 Å². The van der Waals surface area contributed by atoms with Gasteiger partial charge in [-0.25, -0.2) is 4.79 Å². The van der Waals surface area contributed by atoms with Crippen molar-refractivity contribution >= 4 is 6.16 Å². The van der Waals surface area contributed by atoms with Gasteiger partial charge in [-0.3, -0.25) is 0 Å². The monoisotopic (exact) mass is 358 g/mol.